The number of hydrogen-bond acceptors (Lipinski definition) is 4. The molecule has 0 saturated heterocycles. The van der Waals surface area contributed by atoms with Crippen LogP contribution in [0.2, 0.25) is 0 Å². The van der Waals surface area contributed by atoms with Crippen molar-refractivity contribution < 1.29 is 9.53 Å². The highest BCUT2D eigenvalue weighted by molar-refractivity contribution is 7.11. The van der Waals surface area contributed by atoms with Crippen LogP contribution in [0.25, 0.3) is 0 Å². The summed E-state index contributed by atoms with van der Waals surface area (Å²) in [5.41, 5.74) is 0. The van der Waals surface area contributed by atoms with E-state index in [0.717, 1.165) is 16.3 Å². The lowest BCUT2D eigenvalue weighted by atomic mass is 10.3. The quantitative estimate of drug-likeness (QED) is 0.720. The Morgan fingerprint density at radius 3 is 3.08 bits per heavy atom. The number of methoxy groups -OCH3 is 1. The number of carbonyl (C=O) groups is 1. The Morgan fingerprint density at radius 2 is 2.46 bits per heavy atom. The molecule has 0 unspecified atom stereocenters. The van der Waals surface area contributed by atoms with E-state index in [4.69, 9.17) is 4.74 Å². The molecule has 0 aliphatic rings. The fourth-order valence-electron chi connectivity index (χ4n) is 0.980. The monoisotopic (exact) mass is 199 g/mol. The minimum atomic E-state index is 0.182. The summed E-state index contributed by atoms with van der Waals surface area (Å²) >= 11 is 1.59. The van der Waals surface area contributed by atoms with E-state index in [2.05, 4.69) is 4.98 Å². The van der Waals surface area contributed by atoms with E-state index in [1.54, 1.807) is 31.6 Å². The minimum Gasteiger partial charge on any atom is -0.384 e. The topological polar surface area (TPSA) is 39.2 Å². The van der Waals surface area contributed by atoms with Crippen molar-refractivity contribution in [2.75, 3.05) is 13.7 Å². The minimum absolute atomic E-state index is 0.182. The van der Waals surface area contributed by atoms with Crippen LogP contribution < -0.4 is 0 Å². The van der Waals surface area contributed by atoms with Crippen LogP contribution in [0.4, 0.5) is 0 Å². The average molecular weight is 199 g/mol. The van der Waals surface area contributed by atoms with E-state index in [1.165, 1.54) is 0 Å². The van der Waals surface area contributed by atoms with Gasteiger partial charge in [-0.1, -0.05) is 0 Å². The number of nitrogens with zero attached hydrogens (tertiary/aromatic N) is 1. The highest BCUT2D eigenvalue weighted by Crippen LogP contribution is 2.14. The Labute approximate surface area is 81.8 Å². The molecule has 1 heterocycles. The van der Waals surface area contributed by atoms with E-state index in [1.807, 2.05) is 0 Å². The summed E-state index contributed by atoms with van der Waals surface area (Å²) in [6.07, 6.45) is 3.11. The number of thiazole rings is 1. The predicted octanol–water partition coefficient (Wildman–Crippen LogP) is 1.46. The van der Waals surface area contributed by atoms with Crippen molar-refractivity contribution in [2.45, 2.75) is 19.8 Å². The van der Waals surface area contributed by atoms with Gasteiger partial charge in [0.2, 0.25) is 0 Å². The molecule has 3 nitrogen and oxygen atoms in total. The van der Waals surface area contributed by atoms with Crippen LogP contribution >= 0.6 is 11.3 Å². The lowest BCUT2D eigenvalue weighted by Crippen LogP contribution is -1.93. The smallest absolute Gasteiger partial charge is 0.135 e. The first-order valence-electron chi connectivity index (χ1n) is 4.14. The second-order valence-corrected chi connectivity index (χ2v) is 4.04. The van der Waals surface area contributed by atoms with Crippen molar-refractivity contribution in [3.8, 4) is 0 Å². The van der Waals surface area contributed by atoms with Crippen LogP contribution in [0, 0.1) is 0 Å². The molecular formula is C9H13NO2S. The first kappa shape index (κ1) is 10.3. The summed E-state index contributed by atoms with van der Waals surface area (Å²) in [4.78, 5) is 16.0. The van der Waals surface area contributed by atoms with Gasteiger partial charge in [-0.3, -0.25) is 4.79 Å². The Kier molecular flexibility index (Phi) is 4.05. The summed E-state index contributed by atoms with van der Waals surface area (Å²) < 4.78 is 4.94. The van der Waals surface area contributed by atoms with Crippen molar-refractivity contribution in [3.05, 3.63) is 16.1 Å². The molecule has 0 spiro atoms. The summed E-state index contributed by atoms with van der Waals surface area (Å²) in [6.45, 7) is 2.28. The number of ether oxygens (including phenoxy) is 1. The van der Waals surface area contributed by atoms with E-state index < -0.39 is 0 Å². The van der Waals surface area contributed by atoms with Crippen molar-refractivity contribution >= 4 is 17.1 Å². The molecule has 4 heteroatoms. The van der Waals surface area contributed by atoms with E-state index in [9.17, 15) is 4.79 Å². The van der Waals surface area contributed by atoms with Gasteiger partial charge < -0.3 is 4.74 Å². The number of ketones is 1. The molecule has 1 aromatic heterocycles. The number of Topliss-reactive ketones (excluding diaryl/α,β-unsaturated/α-hetero) is 1. The molecule has 1 aromatic rings. The largest absolute Gasteiger partial charge is 0.384 e. The second-order valence-electron chi connectivity index (χ2n) is 2.84. The molecule has 0 amide bonds. The maximum Gasteiger partial charge on any atom is 0.135 e. The molecule has 1 rings (SSSR count). The highest BCUT2D eigenvalue weighted by atomic mass is 32.1. The van der Waals surface area contributed by atoms with Crippen LogP contribution in [0.5, 0.6) is 0 Å². The van der Waals surface area contributed by atoms with Gasteiger partial charge in [0.05, 0.1) is 11.6 Å². The fourth-order valence-corrected chi connectivity index (χ4v) is 1.95. The summed E-state index contributed by atoms with van der Waals surface area (Å²) in [7, 11) is 1.67. The Morgan fingerprint density at radius 1 is 1.69 bits per heavy atom. The van der Waals surface area contributed by atoms with Crippen LogP contribution in [0.15, 0.2) is 6.20 Å². The first-order chi connectivity index (χ1) is 6.22. The van der Waals surface area contributed by atoms with E-state index in [-0.39, 0.29) is 5.78 Å². The summed E-state index contributed by atoms with van der Waals surface area (Å²) in [5.74, 6) is 0.182. The average Bonchev–Trinajstić information content (AvgIpc) is 2.48. The highest BCUT2D eigenvalue weighted by Gasteiger charge is 2.03. The van der Waals surface area contributed by atoms with Gasteiger partial charge in [-0.2, -0.15) is 0 Å². The van der Waals surface area contributed by atoms with Crippen molar-refractivity contribution in [3.63, 3.8) is 0 Å². The van der Waals surface area contributed by atoms with Crippen LogP contribution in [0.3, 0.4) is 0 Å². The lowest BCUT2D eigenvalue weighted by Gasteiger charge is -1.92. The van der Waals surface area contributed by atoms with Crippen molar-refractivity contribution in [2.24, 2.45) is 0 Å². The van der Waals surface area contributed by atoms with E-state index in [0.29, 0.717) is 13.0 Å². The van der Waals surface area contributed by atoms with Gasteiger partial charge in [0, 0.05) is 31.0 Å². The van der Waals surface area contributed by atoms with Gasteiger partial charge in [-0.25, -0.2) is 4.98 Å². The SMILES string of the molecule is COCCc1ncc(CC(C)=O)s1. The Hall–Kier alpha value is -0.740. The second kappa shape index (κ2) is 5.09. The normalized spacial score (nSPS) is 10.3. The maximum absolute atomic E-state index is 10.8. The molecule has 0 aromatic carbocycles. The lowest BCUT2D eigenvalue weighted by molar-refractivity contribution is -0.116. The van der Waals surface area contributed by atoms with E-state index >= 15 is 0 Å². The molecule has 0 atom stereocenters. The third-order valence-electron chi connectivity index (χ3n) is 1.54. The van der Waals surface area contributed by atoms with Crippen molar-refractivity contribution in [1.82, 2.24) is 4.98 Å². The predicted molar refractivity (Wildman–Crippen MR) is 52.1 cm³/mol. The van der Waals surface area contributed by atoms with Crippen LogP contribution in [-0.4, -0.2) is 24.5 Å². The molecule has 0 fully saturated rings. The Balaban J connectivity index is 2.48. The zero-order chi connectivity index (χ0) is 9.68. The maximum atomic E-state index is 10.8. The molecule has 0 saturated carbocycles. The van der Waals surface area contributed by atoms with Crippen molar-refractivity contribution in [1.29, 1.82) is 0 Å². The zero-order valence-electron chi connectivity index (χ0n) is 7.87. The number of rotatable bonds is 5. The third kappa shape index (κ3) is 3.65. The van der Waals surface area contributed by atoms with Gasteiger partial charge in [0.1, 0.15) is 5.78 Å². The summed E-state index contributed by atoms with van der Waals surface area (Å²) in [5, 5.41) is 1.04. The first-order valence-corrected chi connectivity index (χ1v) is 4.96. The summed E-state index contributed by atoms with van der Waals surface area (Å²) in [6, 6.07) is 0. The number of hydrogen-bond donors (Lipinski definition) is 0. The molecule has 0 radical (unpaired) electrons. The molecular weight excluding hydrogens is 186 g/mol. The Bertz CT molecular complexity index is 283. The van der Waals surface area contributed by atoms with Crippen LogP contribution in [0.1, 0.15) is 16.8 Å². The molecule has 0 aliphatic carbocycles. The van der Waals surface area contributed by atoms with Gasteiger partial charge in [-0.05, 0) is 6.92 Å². The van der Waals surface area contributed by atoms with Gasteiger partial charge in [0.15, 0.2) is 0 Å². The molecule has 72 valence electrons. The molecule has 0 bridgehead atoms. The molecule has 13 heavy (non-hydrogen) atoms. The van der Waals surface area contributed by atoms with Gasteiger partial charge >= 0.3 is 0 Å². The van der Waals surface area contributed by atoms with Crippen LogP contribution in [-0.2, 0) is 22.4 Å². The van der Waals surface area contributed by atoms with Gasteiger partial charge in [0.25, 0.3) is 0 Å². The zero-order valence-corrected chi connectivity index (χ0v) is 8.69. The fraction of sp³-hybridized carbons (Fsp3) is 0.556. The number of carbonyl (C=O) groups excluding carboxylic acids is 1. The molecule has 0 N–H and O–H groups in total. The molecule has 0 aliphatic heterocycles. The third-order valence-corrected chi connectivity index (χ3v) is 2.60. The standard InChI is InChI=1S/C9H13NO2S/c1-7(11)5-8-6-10-9(13-8)3-4-12-2/h6H,3-5H2,1-2H3. The van der Waals surface area contributed by atoms with Gasteiger partial charge in [-0.15, -0.1) is 11.3 Å². The number of aromatic nitrogens is 1.